The third kappa shape index (κ3) is 6.81. The molecule has 3 rings (SSSR count). The van der Waals surface area contributed by atoms with Gasteiger partial charge in [-0.15, -0.1) is 0 Å². The van der Waals surface area contributed by atoms with Crippen molar-refractivity contribution in [1.29, 1.82) is 0 Å². The number of nitrogens with one attached hydrogen (secondary N) is 1. The Labute approximate surface area is 226 Å². The molecule has 8 heteroatoms. The van der Waals surface area contributed by atoms with Crippen LogP contribution in [0.3, 0.4) is 0 Å². The minimum atomic E-state index is -4.08. The summed E-state index contributed by atoms with van der Waals surface area (Å²) in [6, 6.07) is 22.0. The van der Waals surface area contributed by atoms with E-state index in [1.807, 2.05) is 71.0 Å². The lowest BCUT2D eigenvalue weighted by Crippen LogP contribution is -2.53. The molecule has 0 fully saturated rings. The molecule has 0 bridgehead atoms. The quantitative estimate of drug-likeness (QED) is 0.381. The van der Waals surface area contributed by atoms with Gasteiger partial charge in [-0.25, -0.2) is 8.42 Å². The van der Waals surface area contributed by atoms with Crippen LogP contribution in [0.15, 0.2) is 83.8 Å². The summed E-state index contributed by atoms with van der Waals surface area (Å²) < 4.78 is 29.0. The lowest BCUT2D eigenvalue weighted by molar-refractivity contribution is -0.140. The fourth-order valence-electron chi connectivity index (χ4n) is 4.32. The van der Waals surface area contributed by atoms with E-state index >= 15 is 0 Å². The lowest BCUT2D eigenvalue weighted by atomic mass is 10.1. The predicted molar refractivity (Wildman–Crippen MR) is 151 cm³/mol. The largest absolute Gasteiger partial charge is 0.352 e. The SMILES string of the molecule is CC[C@@H](C(=O)NC(C)C)N(Cc1ccccc1)C(=O)CN(c1cccc(C)c1C)S(=O)(=O)c1ccccc1. The Morgan fingerprint density at radius 1 is 0.868 bits per heavy atom. The van der Waals surface area contributed by atoms with Crippen molar-refractivity contribution in [3.05, 3.63) is 95.6 Å². The number of hydrogen-bond donors (Lipinski definition) is 1. The first-order valence-electron chi connectivity index (χ1n) is 12.8. The highest BCUT2D eigenvalue weighted by molar-refractivity contribution is 7.92. The van der Waals surface area contributed by atoms with Crippen molar-refractivity contribution in [3.63, 3.8) is 0 Å². The van der Waals surface area contributed by atoms with E-state index in [0.29, 0.717) is 12.1 Å². The van der Waals surface area contributed by atoms with Crippen LogP contribution in [0, 0.1) is 13.8 Å². The molecule has 2 amide bonds. The van der Waals surface area contributed by atoms with E-state index < -0.39 is 28.5 Å². The maximum absolute atomic E-state index is 14.0. The maximum Gasteiger partial charge on any atom is 0.264 e. The molecule has 7 nitrogen and oxygen atoms in total. The van der Waals surface area contributed by atoms with E-state index in [1.165, 1.54) is 17.0 Å². The fourth-order valence-corrected chi connectivity index (χ4v) is 5.81. The van der Waals surface area contributed by atoms with Crippen LogP contribution in [0.1, 0.15) is 43.9 Å². The standard InChI is InChI=1S/C30H37N3O4S/c1-6-27(30(35)31-22(2)3)32(20-25-15-9-7-10-16-25)29(34)21-33(28-19-13-14-23(4)24(28)5)38(36,37)26-17-11-8-12-18-26/h7-19,22,27H,6,20-21H2,1-5H3,(H,31,35)/t27-/m0/s1. The highest BCUT2D eigenvalue weighted by atomic mass is 32.2. The van der Waals surface area contributed by atoms with Gasteiger partial charge < -0.3 is 10.2 Å². The Balaban J connectivity index is 2.08. The van der Waals surface area contributed by atoms with Crippen molar-refractivity contribution in [3.8, 4) is 0 Å². The van der Waals surface area contributed by atoms with Gasteiger partial charge in [-0.05, 0) is 69.0 Å². The summed E-state index contributed by atoms with van der Waals surface area (Å²) in [5, 5.41) is 2.91. The summed E-state index contributed by atoms with van der Waals surface area (Å²) in [6.07, 6.45) is 0.381. The number of aryl methyl sites for hydroxylation is 1. The molecule has 0 radical (unpaired) electrons. The van der Waals surface area contributed by atoms with Crippen molar-refractivity contribution < 1.29 is 18.0 Å². The van der Waals surface area contributed by atoms with E-state index in [1.54, 1.807) is 30.3 Å². The van der Waals surface area contributed by atoms with E-state index in [4.69, 9.17) is 0 Å². The zero-order chi connectivity index (χ0) is 27.9. The van der Waals surface area contributed by atoms with Gasteiger partial charge in [0, 0.05) is 12.6 Å². The summed E-state index contributed by atoms with van der Waals surface area (Å²) in [5.41, 5.74) is 2.95. The average Bonchev–Trinajstić information content (AvgIpc) is 2.89. The first-order chi connectivity index (χ1) is 18.1. The molecule has 0 saturated carbocycles. The van der Waals surface area contributed by atoms with Crippen molar-refractivity contribution >= 4 is 27.5 Å². The molecule has 202 valence electrons. The normalized spacial score (nSPS) is 12.2. The van der Waals surface area contributed by atoms with Crippen LogP contribution in [0.25, 0.3) is 0 Å². The summed E-state index contributed by atoms with van der Waals surface area (Å²) >= 11 is 0. The van der Waals surface area contributed by atoms with Crippen LogP contribution in [0.2, 0.25) is 0 Å². The average molecular weight is 536 g/mol. The molecule has 3 aromatic carbocycles. The minimum absolute atomic E-state index is 0.0907. The molecule has 38 heavy (non-hydrogen) atoms. The van der Waals surface area contributed by atoms with Crippen LogP contribution >= 0.6 is 0 Å². The number of rotatable bonds is 11. The Morgan fingerprint density at radius 2 is 1.47 bits per heavy atom. The molecule has 0 aromatic heterocycles. The molecule has 0 unspecified atom stereocenters. The number of anilines is 1. The number of nitrogens with zero attached hydrogens (tertiary/aromatic N) is 2. The van der Waals surface area contributed by atoms with Crippen LogP contribution in [0.4, 0.5) is 5.69 Å². The van der Waals surface area contributed by atoms with Crippen molar-refractivity contribution in [2.75, 3.05) is 10.8 Å². The van der Waals surface area contributed by atoms with Crippen molar-refractivity contribution in [2.24, 2.45) is 0 Å². The Morgan fingerprint density at radius 3 is 2.05 bits per heavy atom. The van der Waals surface area contributed by atoms with Crippen LogP contribution in [0.5, 0.6) is 0 Å². The lowest BCUT2D eigenvalue weighted by Gasteiger charge is -2.34. The topological polar surface area (TPSA) is 86.8 Å². The van der Waals surface area contributed by atoms with E-state index in [2.05, 4.69) is 5.32 Å². The molecular formula is C30H37N3O4S. The Bertz CT molecular complexity index is 1340. The molecule has 0 aliphatic carbocycles. The van der Waals surface area contributed by atoms with Crippen LogP contribution in [-0.4, -0.2) is 43.8 Å². The summed E-state index contributed by atoms with van der Waals surface area (Å²) in [4.78, 5) is 28.8. The monoisotopic (exact) mass is 535 g/mol. The highest BCUT2D eigenvalue weighted by Gasteiger charge is 2.34. The third-order valence-corrected chi connectivity index (χ3v) is 8.24. The molecule has 0 aliphatic rings. The highest BCUT2D eigenvalue weighted by Crippen LogP contribution is 2.29. The molecule has 0 spiro atoms. The first kappa shape index (κ1) is 28.9. The second-order valence-electron chi connectivity index (χ2n) is 9.64. The van der Waals surface area contributed by atoms with Gasteiger partial charge >= 0.3 is 0 Å². The molecule has 1 atom stereocenters. The number of carbonyl (C=O) groups is 2. The molecular weight excluding hydrogens is 498 g/mol. The van der Waals surface area contributed by atoms with Gasteiger partial charge in [0.05, 0.1) is 10.6 Å². The number of sulfonamides is 1. The predicted octanol–water partition coefficient (Wildman–Crippen LogP) is 4.83. The van der Waals surface area contributed by atoms with E-state index in [9.17, 15) is 18.0 Å². The van der Waals surface area contributed by atoms with Crippen LogP contribution < -0.4 is 9.62 Å². The van der Waals surface area contributed by atoms with Gasteiger partial charge in [-0.3, -0.25) is 13.9 Å². The summed E-state index contributed by atoms with van der Waals surface area (Å²) in [5.74, 6) is -0.726. The van der Waals surface area contributed by atoms with Gasteiger partial charge in [0.1, 0.15) is 12.6 Å². The van der Waals surface area contributed by atoms with Gasteiger partial charge in [0.2, 0.25) is 11.8 Å². The second kappa shape index (κ2) is 12.7. The van der Waals surface area contributed by atoms with E-state index in [-0.39, 0.29) is 23.4 Å². The molecule has 0 saturated heterocycles. The molecule has 0 aliphatic heterocycles. The van der Waals surface area contributed by atoms with Gasteiger partial charge in [0.15, 0.2) is 0 Å². The smallest absolute Gasteiger partial charge is 0.264 e. The van der Waals surface area contributed by atoms with E-state index in [0.717, 1.165) is 21.0 Å². The zero-order valence-corrected chi connectivity index (χ0v) is 23.5. The second-order valence-corrected chi connectivity index (χ2v) is 11.5. The minimum Gasteiger partial charge on any atom is -0.352 e. The Kier molecular flexibility index (Phi) is 9.69. The van der Waals surface area contributed by atoms with Crippen molar-refractivity contribution in [1.82, 2.24) is 10.2 Å². The fraction of sp³-hybridized carbons (Fsp3) is 0.333. The van der Waals surface area contributed by atoms with Gasteiger partial charge in [-0.1, -0.05) is 67.6 Å². The molecule has 1 N–H and O–H groups in total. The number of hydrogen-bond acceptors (Lipinski definition) is 4. The first-order valence-corrected chi connectivity index (χ1v) is 14.3. The number of benzene rings is 3. The van der Waals surface area contributed by atoms with Crippen molar-refractivity contribution in [2.45, 2.75) is 64.6 Å². The molecule has 3 aromatic rings. The van der Waals surface area contributed by atoms with Crippen LogP contribution in [-0.2, 0) is 26.2 Å². The zero-order valence-electron chi connectivity index (χ0n) is 22.7. The Hall–Kier alpha value is -3.65. The summed E-state index contributed by atoms with van der Waals surface area (Å²) in [7, 11) is -4.08. The molecule has 0 heterocycles. The van der Waals surface area contributed by atoms with Gasteiger partial charge in [0.25, 0.3) is 10.0 Å². The third-order valence-electron chi connectivity index (χ3n) is 6.47. The maximum atomic E-state index is 14.0. The van der Waals surface area contributed by atoms with Gasteiger partial charge in [-0.2, -0.15) is 0 Å². The number of amides is 2. The number of carbonyl (C=O) groups excluding carboxylic acids is 2. The summed E-state index contributed by atoms with van der Waals surface area (Å²) in [6.45, 7) is 9.05.